The van der Waals surface area contributed by atoms with Crippen molar-refractivity contribution in [3.63, 3.8) is 0 Å². The molecule has 0 saturated carbocycles. The SMILES string of the molecule is CC(CS)Cc1ccccc1Cl. The number of thiol groups is 1. The van der Waals surface area contributed by atoms with Gasteiger partial charge in [-0.05, 0) is 29.7 Å². The standard InChI is InChI=1S/C10H13ClS/c1-8(7-12)6-9-4-2-3-5-10(9)11/h2-5,8,12H,6-7H2,1H3. The minimum Gasteiger partial charge on any atom is -0.179 e. The zero-order valence-electron chi connectivity index (χ0n) is 7.13. The van der Waals surface area contributed by atoms with Crippen molar-refractivity contribution in [3.8, 4) is 0 Å². The molecule has 0 spiro atoms. The third-order valence-electron chi connectivity index (χ3n) is 1.84. The Morgan fingerprint density at radius 3 is 2.67 bits per heavy atom. The van der Waals surface area contributed by atoms with Crippen molar-refractivity contribution in [3.05, 3.63) is 34.9 Å². The lowest BCUT2D eigenvalue weighted by atomic mass is 10.0. The van der Waals surface area contributed by atoms with E-state index in [9.17, 15) is 0 Å². The summed E-state index contributed by atoms with van der Waals surface area (Å²) in [7, 11) is 0. The van der Waals surface area contributed by atoms with Gasteiger partial charge in [0.15, 0.2) is 0 Å². The van der Waals surface area contributed by atoms with Crippen molar-refractivity contribution < 1.29 is 0 Å². The second-order valence-electron chi connectivity index (χ2n) is 3.08. The Bertz CT molecular complexity index is 247. The Hall–Kier alpha value is -0.140. The maximum absolute atomic E-state index is 6.00. The molecule has 0 aliphatic carbocycles. The molecule has 1 aromatic carbocycles. The first-order valence-corrected chi connectivity index (χ1v) is 5.09. The molecule has 1 atom stereocenters. The largest absolute Gasteiger partial charge is 0.179 e. The van der Waals surface area contributed by atoms with E-state index in [0.717, 1.165) is 17.2 Å². The molecule has 0 aliphatic rings. The molecule has 0 nitrogen and oxygen atoms in total. The lowest BCUT2D eigenvalue weighted by Crippen LogP contribution is -2.01. The molecule has 1 rings (SSSR count). The van der Waals surface area contributed by atoms with E-state index < -0.39 is 0 Å². The fourth-order valence-corrected chi connectivity index (χ4v) is 1.45. The van der Waals surface area contributed by atoms with Gasteiger partial charge in [0.2, 0.25) is 0 Å². The molecule has 1 aromatic rings. The van der Waals surface area contributed by atoms with Crippen molar-refractivity contribution in [2.24, 2.45) is 5.92 Å². The Kier molecular flexibility index (Phi) is 3.96. The van der Waals surface area contributed by atoms with Gasteiger partial charge in [0.05, 0.1) is 0 Å². The molecule has 0 N–H and O–H groups in total. The van der Waals surface area contributed by atoms with Crippen molar-refractivity contribution >= 4 is 24.2 Å². The van der Waals surface area contributed by atoms with Crippen molar-refractivity contribution in [1.29, 1.82) is 0 Å². The maximum atomic E-state index is 6.00. The van der Waals surface area contributed by atoms with Gasteiger partial charge < -0.3 is 0 Å². The molecule has 0 heterocycles. The molecule has 0 saturated heterocycles. The zero-order valence-corrected chi connectivity index (χ0v) is 8.78. The summed E-state index contributed by atoms with van der Waals surface area (Å²) in [6, 6.07) is 7.98. The predicted molar refractivity (Wildman–Crippen MR) is 58.2 cm³/mol. The summed E-state index contributed by atoms with van der Waals surface area (Å²) in [4.78, 5) is 0. The van der Waals surface area contributed by atoms with Crippen molar-refractivity contribution in [2.75, 3.05) is 5.75 Å². The third-order valence-corrected chi connectivity index (χ3v) is 2.83. The second-order valence-corrected chi connectivity index (χ2v) is 3.86. The number of rotatable bonds is 3. The van der Waals surface area contributed by atoms with Crippen LogP contribution in [0.15, 0.2) is 24.3 Å². The predicted octanol–water partition coefficient (Wildman–Crippen LogP) is 3.45. The first kappa shape index (κ1) is 9.94. The van der Waals surface area contributed by atoms with Crippen LogP contribution >= 0.6 is 24.2 Å². The van der Waals surface area contributed by atoms with E-state index in [4.69, 9.17) is 11.6 Å². The third kappa shape index (κ3) is 2.72. The van der Waals surface area contributed by atoms with Gasteiger partial charge >= 0.3 is 0 Å². The van der Waals surface area contributed by atoms with E-state index in [1.165, 1.54) is 5.56 Å². The highest BCUT2D eigenvalue weighted by Gasteiger charge is 2.03. The minimum atomic E-state index is 0.591. The molecular weight excluding hydrogens is 188 g/mol. The molecule has 12 heavy (non-hydrogen) atoms. The summed E-state index contributed by atoms with van der Waals surface area (Å²) in [5, 5.41) is 0.867. The molecular formula is C10H13ClS. The van der Waals surface area contributed by atoms with Gasteiger partial charge in [-0.25, -0.2) is 0 Å². The van der Waals surface area contributed by atoms with Crippen LogP contribution in [0.2, 0.25) is 5.02 Å². The van der Waals surface area contributed by atoms with Crippen molar-refractivity contribution in [2.45, 2.75) is 13.3 Å². The van der Waals surface area contributed by atoms with Crippen LogP contribution < -0.4 is 0 Å². The van der Waals surface area contributed by atoms with Crippen LogP contribution in [0.3, 0.4) is 0 Å². The smallest absolute Gasteiger partial charge is 0.0438 e. The lowest BCUT2D eigenvalue weighted by molar-refractivity contribution is 0.660. The van der Waals surface area contributed by atoms with Gasteiger partial charge in [0, 0.05) is 5.02 Å². The minimum absolute atomic E-state index is 0.591. The number of hydrogen-bond acceptors (Lipinski definition) is 1. The average Bonchev–Trinajstić information content (AvgIpc) is 2.09. The first-order chi connectivity index (χ1) is 5.74. The van der Waals surface area contributed by atoms with Crippen LogP contribution in [0, 0.1) is 5.92 Å². The molecule has 0 aliphatic heterocycles. The van der Waals surface area contributed by atoms with Gasteiger partial charge in [-0.3, -0.25) is 0 Å². The van der Waals surface area contributed by atoms with E-state index in [-0.39, 0.29) is 0 Å². The summed E-state index contributed by atoms with van der Waals surface area (Å²) < 4.78 is 0. The Morgan fingerprint density at radius 1 is 1.42 bits per heavy atom. The van der Waals surface area contributed by atoms with Crippen LogP contribution in [-0.4, -0.2) is 5.75 Å². The topological polar surface area (TPSA) is 0 Å². The van der Waals surface area contributed by atoms with Gasteiger partial charge in [-0.15, -0.1) is 0 Å². The number of benzene rings is 1. The Morgan fingerprint density at radius 2 is 2.08 bits per heavy atom. The maximum Gasteiger partial charge on any atom is 0.0438 e. The number of halogens is 1. The summed E-state index contributed by atoms with van der Waals surface area (Å²) in [6.07, 6.45) is 1.02. The fraction of sp³-hybridized carbons (Fsp3) is 0.400. The van der Waals surface area contributed by atoms with E-state index in [0.29, 0.717) is 5.92 Å². The highest BCUT2D eigenvalue weighted by atomic mass is 35.5. The lowest BCUT2D eigenvalue weighted by Gasteiger charge is -2.08. The Labute approximate surface area is 84.3 Å². The molecule has 1 unspecified atom stereocenters. The summed E-state index contributed by atoms with van der Waals surface area (Å²) >= 11 is 10.2. The zero-order chi connectivity index (χ0) is 8.97. The van der Waals surface area contributed by atoms with E-state index in [1.807, 2.05) is 18.2 Å². The van der Waals surface area contributed by atoms with Crippen LogP contribution in [0.1, 0.15) is 12.5 Å². The van der Waals surface area contributed by atoms with Crippen LogP contribution in [0.5, 0.6) is 0 Å². The van der Waals surface area contributed by atoms with Crippen LogP contribution in [0.25, 0.3) is 0 Å². The quantitative estimate of drug-likeness (QED) is 0.710. The highest BCUT2D eigenvalue weighted by Crippen LogP contribution is 2.18. The van der Waals surface area contributed by atoms with Gasteiger partial charge in [-0.1, -0.05) is 36.7 Å². The van der Waals surface area contributed by atoms with Gasteiger partial charge in [0.25, 0.3) is 0 Å². The summed E-state index contributed by atoms with van der Waals surface area (Å²) in [5.74, 6) is 1.50. The second kappa shape index (κ2) is 4.78. The molecule has 66 valence electrons. The van der Waals surface area contributed by atoms with Crippen LogP contribution in [-0.2, 0) is 6.42 Å². The van der Waals surface area contributed by atoms with Gasteiger partial charge in [0.1, 0.15) is 0 Å². The first-order valence-electron chi connectivity index (χ1n) is 4.08. The fourth-order valence-electron chi connectivity index (χ4n) is 1.10. The summed E-state index contributed by atoms with van der Waals surface area (Å²) in [6.45, 7) is 2.18. The van der Waals surface area contributed by atoms with Gasteiger partial charge in [-0.2, -0.15) is 12.6 Å². The van der Waals surface area contributed by atoms with Crippen molar-refractivity contribution in [1.82, 2.24) is 0 Å². The number of hydrogen-bond donors (Lipinski definition) is 1. The monoisotopic (exact) mass is 200 g/mol. The molecule has 0 aromatic heterocycles. The van der Waals surface area contributed by atoms with E-state index >= 15 is 0 Å². The van der Waals surface area contributed by atoms with Crippen LogP contribution in [0.4, 0.5) is 0 Å². The Balaban J connectivity index is 2.69. The van der Waals surface area contributed by atoms with E-state index in [2.05, 4.69) is 25.6 Å². The normalized spacial score (nSPS) is 12.9. The highest BCUT2D eigenvalue weighted by molar-refractivity contribution is 7.80. The summed E-state index contributed by atoms with van der Waals surface area (Å²) in [5.41, 5.74) is 1.22. The molecule has 0 radical (unpaired) electrons. The molecule has 0 fully saturated rings. The average molecular weight is 201 g/mol. The molecule has 2 heteroatoms. The molecule has 0 bridgehead atoms. The molecule has 0 amide bonds. The van der Waals surface area contributed by atoms with E-state index in [1.54, 1.807) is 0 Å².